The summed E-state index contributed by atoms with van der Waals surface area (Å²) in [5.41, 5.74) is 0. The number of likely N-dealkylation sites (N-methyl/N-ethyl adjacent to an activating group) is 1. The van der Waals surface area contributed by atoms with Crippen molar-refractivity contribution >= 4 is 23.0 Å². The molecular weight excluding hydrogens is 288 g/mol. The summed E-state index contributed by atoms with van der Waals surface area (Å²) in [4.78, 5) is 21.1. The molecule has 7 heteroatoms. The summed E-state index contributed by atoms with van der Waals surface area (Å²) in [6.45, 7) is 3.44. The van der Waals surface area contributed by atoms with Gasteiger partial charge < -0.3 is 14.5 Å². The zero-order valence-electron chi connectivity index (χ0n) is 12.7. The Kier molecular flexibility index (Phi) is 4.71. The van der Waals surface area contributed by atoms with Crippen molar-refractivity contribution in [3.05, 3.63) is 0 Å². The molecule has 0 aromatic carbocycles. The van der Waals surface area contributed by atoms with Crippen LogP contribution >= 0.6 is 11.8 Å². The monoisotopic (exact) mass is 312 g/mol. The van der Waals surface area contributed by atoms with Gasteiger partial charge in [-0.3, -0.25) is 10.3 Å². The van der Waals surface area contributed by atoms with E-state index in [-0.39, 0.29) is 18.2 Å². The number of nitrogens with one attached hydrogen (secondary N) is 1. The number of ether oxygens (including phenoxy) is 1. The number of carbonyl (C=O) groups excluding carboxylic acids is 1. The first-order valence-electron chi connectivity index (χ1n) is 7.69. The molecule has 0 radical (unpaired) electrons. The van der Waals surface area contributed by atoms with Gasteiger partial charge in [-0.25, -0.2) is 4.79 Å². The fourth-order valence-corrected chi connectivity index (χ4v) is 4.48. The summed E-state index contributed by atoms with van der Waals surface area (Å²) in [6.07, 6.45) is 3.62. The quantitative estimate of drug-likeness (QED) is 0.784. The number of rotatable bonds is 1. The molecule has 21 heavy (non-hydrogen) atoms. The fourth-order valence-electron chi connectivity index (χ4n) is 3.20. The number of methoxy groups -OCH3 is 1. The van der Waals surface area contributed by atoms with Crippen molar-refractivity contribution < 1.29 is 9.53 Å². The Bertz CT molecular complexity index is 423. The zero-order valence-corrected chi connectivity index (χ0v) is 13.6. The molecule has 1 saturated carbocycles. The lowest BCUT2D eigenvalue weighted by Gasteiger charge is -2.32. The molecule has 2 fully saturated rings. The normalized spacial score (nSPS) is 33.5. The number of amidine groups is 1. The van der Waals surface area contributed by atoms with E-state index in [0.717, 1.165) is 44.2 Å². The van der Waals surface area contributed by atoms with E-state index in [1.165, 1.54) is 6.42 Å². The fraction of sp³-hybridized carbons (Fsp3) is 0.857. The number of nitrogens with zero attached hydrogens (tertiary/aromatic N) is 3. The Labute approximate surface area is 130 Å². The van der Waals surface area contributed by atoms with Gasteiger partial charge in [-0.1, -0.05) is 11.8 Å². The van der Waals surface area contributed by atoms with Crippen LogP contribution < -0.4 is 5.32 Å². The number of fused-ring (bicyclic) bond motifs is 1. The van der Waals surface area contributed by atoms with Crippen LogP contribution in [0.25, 0.3) is 0 Å². The number of aliphatic imine (C=N–C) groups is 1. The molecule has 3 rings (SSSR count). The summed E-state index contributed by atoms with van der Waals surface area (Å²) in [6, 6.07) is 0.193. The van der Waals surface area contributed by atoms with Gasteiger partial charge in [0.1, 0.15) is 0 Å². The highest BCUT2D eigenvalue weighted by atomic mass is 32.2. The molecule has 0 aromatic rings. The van der Waals surface area contributed by atoms with E-state index >= 15 is 0 Å². The third kappa shape index (κ3) is 3.35. The first-order chi connectivity index (χ1) is 10.2. The van der Waals surface area contributed by atoms with Crippen molar-refractivity contribution in [2.45, 2.75) is 36.7 Å². The van der Waals surface area contributed by atoms with Crippen LogP contribution in [0, 0.1) is 0 Å². The van der Waals surface area contributed by atoms with Crippen LogP contribution in [-0.4, -0.2) is 78.7 Å². The average molecular weight is 312 g/mol. The molecule has 0 spiro atoms. The molecular formula is C14H24N4O2S. The van der Waals surface area contributed by atoms with Gasteiger partial charge in [0.15, 0.2) is 5.17 Å². The lowest BCUT2D eigenvalue weighted by atomic mass is 9.92. The topological polar surface area (TPSA) is 57.2 Å². The molecule has 1 aliphatic carbocycles. The minimum absolute atomic E-state index is 0.0121. The Balaban J connectivity index is 1.57. The standard InChI is InChI=1S/C14H24N4O2S/c1-17-6-8-18(9-7-17)14(19)16-13-15-12-10(20-2)4-3-5-11(12)21-13/h10-12H,3-9H2,1-2H3,(H,15,16,19)/t10-,11?,12?/m1/s1. The van der Waals surface area contributed by atoms with E-state index in [1.54, 1.807) is 18.9 Å². The summed E-state index contributed by atoms with van der Waals surface area (Å²) in [5.74, 6) is 0. The van der Waals surface area contributed by atoms with Crippen LogP contribution in [0.15, 0.2) is 4.99 Å². The van der Waals surface area contributed by atoms with Gasteiger partial charge in [-0.2, -0.15) is 0 Å². The van der Waals surface area contributed by atoms with Crippen LogP contribution in [0.5, 0.6) is 0 Å². The maximum Gasteiger partial charge on any atom is 0.323 e. The maximum atomic E-state index is 12.3. The Morgan fingerprint density at radius 3 is 2.81 bits per heavy atom. The maximum absolute atomic E-state index is 12.3. The molecule has 3 aliphatic rings. The number of carbonyl (C=O) groups is 1. The predicted molar refractivity (Wildman–Crippen MR) is 84.9 cm³/mol. The summed E-state index contributed by atoms with van der Waals surface area (Å²) in [7, 11) is 3.84. The van der Waals surface area contributed by atoms with Crippen LogP contribution in [-0.2, 0) is 4.74 Å². The van der Waals surface area contributed by atoms with Crippen LogP contribution in [0.1, 0.15) is 19.3 Å². The van der Waals surface area contributed by atoms with Crippen molar-refractivity contribution in [1.29, 1.82) is 0 Å². The molecule has 3 atom stereocenters. The minimum Gasteiger partial charge on any atom is -0.379 e. The minimum atomic E-state index is -0.0121. The zero-order chi connectivity index (χ0) is 14.8. The van der Waals surface area contributed by atoms with Crippen LogP contribution in [0.2, 0.25) is 0 Å². The highest BCUT2D eigenvalue weighted by Gasteiger charge is 2.39. The van der Waals surface area contributed by atoms with Gasteiger partial charge in [0, 0.05) is 38.5 Å². The van der Waals surface area contributed by atoms with Gasteiger partial charge in [0.25, 0.3) is 0 Å². The molecule has 2 amide bonds. The average Bonchev–Trinajstić information content (AvgIpc) is 2.90. The number of thioether (sulfide) groups is 1. The summed E-state index contributed by atoms with van der Waals surface area (Å²) in [5, 5.41) is 4.23. The molecule has 6 nitrogen and oxygen atoms in total. The molecule has 1 N–H and O–H groups in total. The second-order valence-corrected chi connectivity index (χ2v) is 7.23. The van der Waals surface area contributed by atoms with E-state index in [4.69, 9.17) is 9.73 Å². The van der Waals surface area contributed by atoms with Crippen molar-refractivity contribution in [1.82, 2.24) is 15.1 Å². The van der Waals surface area contributed by atoms with E-state index in [0.29, 0.717) is 5.25 Å². The summed E-state index contributed by atoms with van der Waals surface area (Å²) >= 11 is 1.71. The van der Waals surface area contributed by atoms with E-state index < -0.39 is 0 Å². The Morgan fingerprint density at radius 2 is 2.10 bits per heavy atom. The van der Waals surface area contributed by atoms with E-state index in [2.05, 4.69) is 17.3 Å². The molecule has 2 aliphatic heterocycles. The van der Waals surface area contributed by atoms with Crippen molar-refractivity contribution in [3.8, 4) is 0 Å². The second-order valence-electron chi connectivity index (χ2n) is 6.01. The molecule has 2 unspecified atom stereocenters. The predicted octanol–water partition coefficient (Wildman–Crippen LogP) is 0.982. The third-order valence-corrected chi connectivity index (χ3v) is 5.82. The molecule has 0 aromatic heterocycles. The molecule has 0 bridgehead atoms. The smallest absolute Gasteiger partial charge is 0.323 e. The van der Waals surface area contributed by atoms with Crippen LogP contribution in [0.4, 0.5) is 4.79 Å². The number of piperazine rings is 1. The van der Waals surface area contributed by atoms with Gasteiger partial charge in [-0.15, -0.1) is 0 Å². The van der Waals surface area contributed by atoms with Crippen LogP contribution in [0.3, 0.4) is 0 Å². The Morgan fingerprint density at radius 1 is 1.33 bits per heavy atom. The van der Waals surface area contributed by atoms with Gasteiger partial charge >= 0.3 is 6.03 Å². The first-order valence-corrected chi connectivity index (χ1v) is 8.57. The summed E-state index contributed by atoms with van der Waals surface area (Å²) < 4.78 is 5.54. The Hall–Kier alpha value is -0.790. The number of hydrogen-bond acceptors (Lipinski definition) is 5. The third-order valence-electron chi connectivity index (χ3n) is 4.58. The lowest BCUT2D eigenvalue weighted by molar-refractivity contribution is 0.0587. The van der Waals surface area contributed by atoms with Crippen molar-refractivity contribution in [3.63, 3.8) is 0 Å². The number of urea groups is 1. The lowest BCUT2D eigenvalue weighted by Crippen LogP contribution is -2.51. The largest absolute Gasteiger partial charge is 0.379 e. The van der Waals surface area contributed by atoms with Gasteiger partial charge in [-0.05, 0) is 26.3 Å². The SMILES string of the molecule is CO[C@@H]1CCCC2SC(NC(=O)N3CCN(C)CC3)=NC21. The highest BCUT2D eigenvalue weighted by Crippen LogP contribution is 2.37. The van der Waals surface area contributed by atoms with E-state index in [1.807, 2.05) is 4.90 Å². The number of amides is 2. The van der Waals surface area contributed by atoms with Gasteiger partial charge in [0.2, 0.25) is 0 Å². The molecule has 118 valence electrons. The molecule has 2 heterocycles. The van der Waals surface area contributed by atoms with Crippen molar-refractivity contribution in [2.75, 3.05) is 40.3 Å². The molecule has 1 saturated heterocycles. The second kappa shape index (κ2) is 6.54. The van der Waals surface area contributed by atoms with E-state index in [9.17, 15) is 4.79 Å². The van der Waals surface area contributed by atoms with Gasteiger partial charge in [0.05, 0.1) is 12.1 Å². The number of hydrogen-bond donors (Lipinski definition) is 1. The van der Waals surface area contributed by atoms with Crippen molar-refractivity contribution in [2.24, 2.45) is 4.99 Å². The first kappa shape index (κ1) is 15.1. The highest BCUT2D eigenvalue weighted by molar-refractivity contribution is 8.14.